The summed E-state index contributed by atoms with van der Waals surface area (Å²) >= 11 is 0. The summed E-state index contributed by atoms with van der Waals surface area (Å²) in [6.07, 6.45) is 4.74. The molecule has 0 spiro atoms. The van der Waals surface area contributed by atoms with E-state index >= 15 is 0 Å². The number of aliphatic hydroxyl groups is 1. The Morgan fingerprint density at radius 2 is 1.58 bits per heavy atom. The van der Waals surface area contributed by atoms with Crippen LogP contribution >= 0.6 is 0 Å². The lowest BCUT2D eigenvalue weighted by Gasteiger charge is -2.34. The lowest BCUT2D eigenvalue weighted by Crippen LogP contribution is -2.36. The molecule has 1 saturated carbocycles. The van der Waals surface area contributed by atoms with E-state index in [4.69, 9.17) is 0 Å². The Kier molecular flexibility index (Phi) is 5.55. The van der Waals surface area contributed by atoms with Crippen molar-refractivity contribution < 1.29 is 9.90 Å². The zero-order valence-electron chi connectivity index (χ0n) is 17.5. The van der Waals surface area contributed by atoms with Gasteiger partial charge in [0.15, 0.2) is 0 Å². The van der Waals surface area contributed by atoms with E-state index in [-0.39, 0.29) is 17.9 Å². The minimum atomic E-state index is -0.445. The van der Waals surface area contributed by atoms with Gasteiger partial charge in [0, 0.05) is 25.4 Å². The van der Waals surface area contributed by atoms with Gasteiger partial charge in [0.25, 0.3) is 0 Å². The molecule has 5 rings (SSSR count). The third kappa shape index (κ3) is 4.12. The Hall–Kier alpha value is -2.99. The molecule has 1 aliphatic heterocycles. The van der Waals surface area contributed by atoms with Crippen LogP contribution in [0.1, 0.15) is 42.3 Å². The fourth-order valence-corrected chi connectivity index (χ4v) is 5.39. The molecule has 1 N–H and O–H groups in total. The standard InChI is InChI=1S/C25H28N4O2/c30-24-12-21-15-28(14-20(21)11-23(24)29-17-26-16-27-29)25(31)13-22(18-7-3-1-4-8-18)19-9-5-2-6-10-19/h1-10,16-17,20-24,30H,11-15H2/t20-,21+,23-,24-/m1/s1. The lowest BCUT2D eigenvalue weighted by molar-refractivity contribution is -0.130. The molecule has 2 heterocycles. The molecule has 6 nitrogen and oxygen atoms in total. The number of fused-ring (bicyclic) bond motifs is 1. The molecular formula is C25H28N4O2. The number of carbonyl (C=O) groups is 1. The van der Waals surface area contributed by atoms with Gasteiger partial charge >= 0.3 is 0 Å². The predicted molar refractivity (Wildman–Crippen MR) is 117 cm³/mol. The molecular weight excluding hydrogens is 388 g/mol. The molecule has 6 heteroatoms. The highest BCUT2D eigenvalue weighted by molar-refractivity contribution is 5.78. The van der Waals surface area contributed by atoms with E-state index in [1.807, 2.05) is 41.3 Å². The summed E-state index contributed by atoms with van der Waals surface area (Å²) in [7, 11) is 0. The van der Waals surface area contributed by atoms with Gasteiger partial charge in [0.2, 0.25) is 5.91 Å². The molecule has 2 aromatic carbocycles. The van der Waals surface area contributed by atoms with Crippen LogP contribution in [0.2, 0.25) is 0 Å². The molecule has 2 aliphatic rings. The van der Waals surface area contributed by atoms with E-state index in [1.54, 1.807) is 11.0 Å². The topological polar surface area (TPSA) is 71.2 Å². The van der Waals surface area contributed by atoms with Gasteiger partial charge in [0.1, 0.15) is 12.7 Å². The number of carbonyl (C=O) groups excluding carboxylic acids is 1. The highest BCUT2D eigenvalue weighted by Gasteiger charge is 2.44. The van der Waals surface area contributed by atoms with Crippen molar-refractivity contribution in [3.05, 3.63) is 84.4 Å². The summed E-state index contributed by atoms with van der Waals surface area (Å²) in [6.45, 7) is 1.50. The number of nitrogens with zero attached hydrogens (tertiary/aromatic N) is 4. The van der Waals surface area contributed by atoms with E-state index in [2.05, 4.69) is 34.3 Å². The Morgan fingerprint density at radius 1 is 0.968 bits per heavy atom. The van der Waals surface area contributed by atoms with Crippen molar-refractivity contribution in [2.45, 2.75) is 37.3 Å². The number of aliphatic hydroxyl groups excluding tert-OH is 1. The van der Waals surface area contributed by atoms with Crippen molar-refractivity contribution in [1.82, 2.24) is 19.7 Å². The van der Waals surface area contributed by atoms with Crippen LogP contribution in [0.4, 0.5) is 0 Å². The van der Waals surface area contributed by atoms with Crippen molar-refractivity contribution in [2.75, 3.05) is 13.1 Å². The Morgan fingerprint density at radius 3 is 2.16 bits per heavy atom. The summed E-state index contributed by atoms with van der Waals surface area (Å²) in [6, 6.07) is 20.5. The molecule has 1 aliphatic carbocycles. The first-order valence-corrected chi connectivity index (χ1v) is 11.1. The van der Waals surface area contributed by atoms with Gasteiger partial charge in [-0.1, -0.05) is 60.7 Å². The van der Waals surface area contributed by atoms with Gasteiger partial charge in [-0.15, -0.1) is 0 Å². The van der Waals surface area contributed by atoms with Crippen LogP contribution in [0.15, 0.2) is 73.3 Å². The van der Waals surface area contributed by atoms with Crippen LogP contribution in [0.3, 0.4) is 0 Å². The van der Waals surface area contributed by atoms with E-state index in [0.29, 0.717) is 24.7 Å². The summed E-state index contributed by atoms with van der Waals surface area (Å²) in [5, 5.41) is 14.9. The number of hydrogen-bond acceptors (Lipinski definition) is 4. The molecule has 1 saturated heterocycles. The fraction of sp³-hybridized carbons (Fsp3) is 0.400. The van der Waals surface area contributed by atoms with Gasteiger partial charge < -0.3 is 10.0 Å². The molecule has 1 amide bonds. The first-order chi connectivity index (χ1) is 15.2. The van der Waals surface area contributed by atoms with Gasteiger partial charge in [-0.3, -0.25) is 4.79 Å². The quantitative estimate of drug-likeness (QED) is 0.693. The summed E-state index contributed by atoms with van der Waals surface area (Å²) < 4.78 is 1.77. The first-order valence-electron chi connectivity index (χ1n) is 11.1. The van der Waals surface area contributed by atoms with Crippen molar-refractivity contribution in [3.63, 3.8) is 0 Å². The number of likely N-dealkylation sites (tertiary alicyclic amines) is 1. The fourth-order valence-electron chi connectivity index (χ4n) is 5.39. The number of amides is 1. The molecule has 160 valence electrons. The molecule has 0 unspecified atom stereocenters. The highest BCUT2D eigenvalue weighted by atomic mass is 16.3. The second kappa shape index (κ2) is 8.63. The van der Waals surface area contributed by atoms with E-state index in [0.717, 1.165) is 19.5 Å². The van der Waals surface area contributed by atoms with Crippen molar-refractivity contribution in [3.8, 4) is 0 Å². The monoisotopic (exact) mass is 416 g/mol. The van der Waals surface area contributed by atoms with Crippen LogP contribution < -0.4 is 0 Å². The minimum absolute atomic E-state index is 0.0472. The molecule has 3 aromatic rings. The highest BCUT2D eigenvalue weighted by Crippen LogP contribution is 2.41. The number of hydrogen-bond donors (Lipinski definition) is 1. The third-order valence-electron chi connectivity index (χ3n) is 7.02. The van der Waals surface area contributed by atoms with E-state index < -0.39 is 6.10 Å². The van der Waals surface area contributed by atoms with Gasteiger partial charge in [-0.25, -0.2) is 9.67 Å². The summed E-state index contributed by atoms with van der Waals surface area (Å²) in [5.41, 5.74) is 2.33. The zero-order chi connectivity index (χ0) is 21.2. The molecule has 0 radical (unpaired) electrons. The van der Waals surface area contributed by atoms with Crippen LogP contribution in [-0.2, 0) is 4.79 Å². The molecule has 4 atom stereocenters. The first kappa shape index (κ1) is 19.9. The maximum absolute atomic E-state index is 13.4. The average molecular weight is 417 g/mol. The zero-order valence-corrected chi connectivity index (χ0v) is 17.5. The predicted octanol–water partition coefficient (Wildman–Crippen LogP) is 3.27. The number of aromatic nitrogens is 3. The lowest BCUT2D eigenvalue weighted by atomic mass is 9.77. The van der Waals surface area contributed by atoms with Crippen molar-refractivity contribution in [1.29, 1.82) is 0 Å². The van der Waals surface area contributed by atoms with Gasteiger partial charge in [-0.2, -0.15) is 5.10 Å². The normalized spacial score (nSPS) is 25.5. The molecule has 1 aromatic heterocycles. The third-order valence-corrected chi connectivity index (χ3v) is 7.02. The van der Waals surface area contributed by atoms with Crippen LogP contribution in [0, 0.1) is 11.8 Å². The molecule has 2 fully saturated rings. The maximum atomic E-state index is 13.4. The van der Waals surface area contributed by atoms with Crippen LogP contribution in [0.5, 0.6) is 0 Å². The van der Waals surface area contributed by atoms with Gasteiger partial charge in [-0.05, 0) is 35.8 Å². The Balaban J connectivity index is 1.30. The van der Waals surface area contributed by atoms with E-state index in [1.165, 1.54) is 17.5 Å². The van der Waals surface area contributed by atoms with Crippen molar-refractivity contribution >= 4 is 5.91 Å². The SMILES string of the molecule is O=C(CC(c1ccccc1)c1ccccc1)N1C[C@H]2C[C@@H](n3cncn3)[C@H](O)C[C@H]2C1. The number of rotatable bonds is 5. The van der Waals surface area contributed by atoms with Crippen LogP contribution in [0.25, 0.3) is 0 Å². The number of benzene rings is 2. The smallest absolute Gasteiger partial charge is 0.223 e. The largest absolute Gasteiger partial charge is 0.391 e. The molecule has 0 bridgehead atoms. The molecule has 31 heavy (non-hydrogen) atoms. The maximum Gasteiger partial charge on any atom is 0.223 e. The second-order valence-corrected chi connectivity index (χ2v) is 8.88. The van der Waals surface area contributed by atoms with Crippen molar-refractivity contribution in [2.24, 2.45) is 11.8 Å². The van der Waals surface area contributed by atoms with Gasteiger partial charge in [0.05, 0.1) is 12.1 Å². The average Bonchev–Trinajstić information content (AvgIpc) is 3.48. The second-order valence-electron chi connectivity index (χ2n) is 8.88. The Bertz CT molecular complexity index is 953. The summed E-state index contributed by atoms with van der Waals surface area (Å²) in [4.78, 5) is 19.4. The minimum Gasteiger partial charge on any atom is -0.391 e. The summed E-state index contributed by atoms with van der Waals surface area (Å²) in [5.74, 6) is 0.990. The Labute approximate surface area is 182 Å². The van der Waals surface area contributed by atoms with Crippen LogP contribution in [-0.4, -0.2) is 49.9 Å². The van der Waals surface area contributed by atoms with E-state index in [9.17, 15) is 9.90 Å².